The van der Waals surface area contributed by atoms with Crippen LogP contribution in [0.2, 0.25) is 0 Å². The summed E-state index contributed by atoms with van der Waals surface area (Å²) < 4.78 is 10.5. The summed E-state index contributed by atoms with van der Waals surface area (Å²) in [5.41, 5.74) is 1.21. The van der Waals surface area contributed by atoms with Gasteiger partial charge in [0.15, 0.2) is 11.5 Å². The molecule has 1 aromatic rings. The number of ether oxygens (including phenoxy) is 2. The van der Waals surface area contributed by atoms with Crippen LogP contribution in [0, 0.1) is 17.2 Å². The smallest absolute Gasteiger partial charge is 0.160 e. The van der Waals surface area contributed by atoms with Crippen LogP contribution in [-0.2, 0) is 6.42 Å². The van der Waals surface area contributed by atoms with Crippen LogP contribution in [0.25, 0.3) is 0 Å². The lowest BCUT2D eigenvalue weighted by molar-refractivity contribution is 0.354. The van der Waals surface area contributed by atoms with Crippen molar-refractivity contribution in [1.82, 2.24) is 5.32 Å². The molecule has 4 nitrogen and oxygen atoms in total. The van der Waals surface area contributed by atoms with Gasteiger partial charge in [0.25, 0.3) is 0 Å². The molecule has 20 heavy (non-hydrogen) atoms. The summed E-state index contributed by atoms with van der Waals surface area (Å²) in [6, 6.07) is 8.76. The van der Waals surface area contributed by atoms with Gasteiger partial charge in [0.2, 0.25) is 0 Å². The summed E-state index contributed by atoms with van der Waals surface area (Å²) in [4.78, 5) is 0. The molecule has 1 N–H and O–H groups in total. The van der Waals surface area contributed by atoms with Gasteiger partial charge in [-0.2, -0.15) is 5.26 Å². The van der Waals surface area contributed by atoms with Gasteiger partial charge < -0.3 is 14.8 Å². The lowest BCUT2D eigenvalue weighted by Crippen LogP contribution is -2.33. The van der Waals surface area contributed by atoms with Gasteiger partial charge in [-0.25, -0.2) is 0 Å². The summed E-state index contributed by atoms with van der Waals surface area (Å²) in [5.74, 6) is 1.70. The van der Waals surface area contributed by atoms with Gasteiger partial charge in [-0.15, -0.1) is 0 Å². The van der Waals surface area contributed by atoms with Crippen molar-refractivity contribution < 1.29 is 9.47 Å². The first-order chi connectivity index (χ1) is 9.78. The second-order valence-corrected chi connectivity index (χ2v) is 5.17. The zero-order chi connectivity index (χ0) is 14.4. The first kappa shape index (κ1) is 14.7. The molecule has 1 fully saturated rings. The minimum Gasteiger partial charge on any atom is -0.493 e. The molecule has 2 rings (SSSR count). The van der Waals surface area contributed by atoms with Crippen LogP contribution in [0.4, 0.5) is 0 Å². The summed E-state index contributed by atoms with van der Waals surface area (Å²) >= 11 is 0. The van der Waals surface area contributed by atoms with Crippen molar-refractivity contribution in [3.05, 3.63) is 23.8 Å². The first-order valence-corrected chi connectivity index (χ1v) is 7.12. The van der Waals surface area contributed by atoms with E-state index in [1.165, 1.54) is 5.56 Å². The first-order valence-electron chi connectivity index (χ1n) is 7.12. The Morgan fingerprint density at radius 3 is 2.75 bits per heavy atom. The largest absolute Gasteiger partial charge is 0.493 e. The number of methoxy groups -OCH3 is 2. The molecule has 0 amide bonds. The summed E-state index contributed by atoms with van der Waals surface area (Å²) in [5, 5.41) is 12.6. The SMILES string of the molecule is COc1ccc(CCNC2CCCC2C#N)cc1OC. The normalized spacial score (nSPS) is 21.4. The number of rotatable bonds is 6. The van der Waals surface area contributed by atoms with E-state index in [1.54, 1.807) is 14.2 Å². The second kappa shape index (κ2) is 7.16. The van der Waals surface area contributed by atoms with Crippen LogP contribution in [-0.4, -0.2) is 26.8 Å². The molecule has 1 aliphatic carbocycles. The molecule has 2 unspecified atom stereocenters. The zero-order valence-corrected chi connectivity index (χ0v) is 12.2. The molecule has 1 aromatic carbocycles. The van der Waals surface area contributed by atoms with E-state index in [2.05, 4.69) is 17.5 Å². The third-order valence-corrected chi connectivity index (χ3v) is 3.95. The fraction of sp³-hybridized carbons (Fsp3) is 0.562. The van der Waals surface area contributed by atoms with Gasteiger partial charge in [0.05, 0.1) is 26.2 Å². The fourth-order valence-corrected chi connectivity index (χ4v) is 2.80. The molecule has 2 atom stereocenters. The van der Waals surface area contributed by atoms with E-state index < -0.39 is 0 Å². The molecule has 0 bridgehead atoms. The predicted octanol–water partition coefficient (Wildman–Crippen LogP) is 2.53. The van der Waals surface area contributed by atoms with Crippen LogP contribution in [0.3, 0.4) is 0 Å². The Labute approximate surface area is 120 Å². The Morgan fingerprint density at radius 2 is 2.05 bits per heavy atom. The summed E-state index contributed by atoms with van der Waals surface area (Å²) in [6.45, 7) is 0.887. The lowest BCUT2D eigenvalue weighted by Gasteiger charge is -2.16. The predicted molar refractivity (Wildman–Crippen MR) is 78.0 cm³/mol. The van der Waals surface area contributed by atoms with E-state index in [4.69, 9.17) is 14.7 Å². The van der Waals surface area contributed by atoms with Crippen molar-refractivity contribution in [3.8, 4) is 17.6 Å². The number of hydrogen-bond acceptors (Lipinski definition) is 4. The summed E-state index contributed by atoms with van der Waals surface area (Å²) in [6.07, 6.45) is 4.23. The maximum Gasteiger partial charge on any atom is 0.160 e. The molecule has 1 aliphatic rings. The van der Waals surface area contributed by atoms with Crippen molar-refractivity contribution in [1.29, 1.82) is 5.26 Å². The Bertz CT molecular complexity index is 482. The average Bonchev–Trinajstić information content (AvgIpc) is 2.94. The zero-order valence-electron chi connectivity index (χ0n) is 12.2. The van der Waals surface area contributed by atoms with Crippen molar-refractivity contribution in [2.75, 3.05) is 20.8 Å². The molecule has 108 valence electrons. The van der Waals surface area contributed by atoms with Gasteiger partial charge in [-0.05, 0) is 43.5 Å². The van der Waals surface area contributed by atoms with Crippen LogP contribution in [0.15, 0.2) is 18.2 Å². The van der Waals surface area contributed by atoms with Gasteiger partial charge >= 0.3 is 0 Å². The molecule has 4 heteroatoms. The van der Waals surface area contributed by atoms with Gasteiger partial charge in [0, 0.05) is 6.04 Å². The number of nitrogens with one attached hydrogen (secondary N) is 1. The lowest BCUT2D eigenvalue weighted by atomic mass is 10.1. The Hall–Kier alpha value is -1.73. The maximum absolute atomic E-state index is 9.06. The number of nitrogens with zero attached hydrogens (tertiary/aromatic N) is 1. The Balaban J connectivity index is 1.86. The highest BCUT2D eigenvalue weighted by atomic mass is 16.5. The monoisotopic (exact) mass is 274 g/mol. The Kier molecular flexibility index (Phi) is 5.25. The molecule has 0 spiro atoms. The fourth-order valence-electron chi connectivity index (χ4n) is 2.80. The van der Waals surface area contributed by atoms with Crippen molar-refractivity contribution >= 4 is 0 Å². The molecule has 0 aliphatic heterocycles. The standard InChI is InChI=1S/C16H22N2O2/c1-19-15-7-6-12(10-16(15)20-2)8-9-18-14-5-3-4-13(14)11-17/h6-7,10,13-14,18H,3-5,8-9H2,1-2H3. The van der Waals surface area contributed by atoms with E-state index >= 15 is 0 Å². The van der Waals surface area contributed by atoms with Crippen molar-refractivity contribution in [2.24, 2.45) is 5.92 Å². The molecule has 0 heterocycles. The molecule has 1 saturated carbocycles. The third-order valence-electron chi connectivity index (χ3n) is 3.95. The maximum atomic E-state index is 9.06. The third kappa shape index (κ3) is 3.43. The van der Waals surface area contributed by atoms with Gasteiger partial charge in [0.1, 0.15) is 0 Å². The highest BCUT2D eigenvalue weighted by Crippen LogP contribution is 2.28. The highest BCUT2D eigenvalue weighted by molar-refractivity contribution is 5.42. The number of nitriles is 1. The van der Waals surface area contributed by atoms with E-state index in [1.807, 2.05) is 12.1 Å². The van der Waals surface area contributed by atoms with E-state index in [0.717, 1.165) is 43.7 Å². The number of hydrogen-bond donors (Lipinski definition) is 1. The highest BCUT2D eigenvalue weighted by Gasteiger charge is 2.26. The summed E-state index contributed by atoms with van der Waals surface area (Å²) in [7, 11) is 3.29. The minimum absolute atomic E-state index is 0.181. The molecule has 0 radical (unpaired) electrons. The van der Waals surface area contributed by atoms with Gasteiger partial charge in [-0.3, -0.25) is 0 Å². The quantitative estimate of drug-likeness (QED) is 0.866. The molecular weight excluding hydrogens is 252 g/mol. The van der Waals surface area contributed by atoms with Crippen LogP contribution < -0.4 is 14.8 Å². The van der Waals surface area contributed by atoms with Crippen LogP contribution in [0.5, 0.6) is 11.5 Å². The minimum atomic E-state index is 0.181. The Morgan fingerprint density at radius 1 is 1.25 bits per heavy atom. The van der Waals surface area contributed by atoms with Crippen LogP contribution in [0.1, 0.15) is 24.8 Å². The van der Waals surface area contributed by atoms with Crippen molar-refractivity contribution in [3.63, 3.8) is 0 Å². The van der Waals surface area contributed by atoms with Crippen molar-refractivity contribution in [2.45, 2.75) is 31.7 Å². The topological polar surface area (TPSA) is 54.3 Å². The molecular formula is C16H22N2O2. The van der Waals surface area contributed by atoms with Gasteiger partial charge in [-0.1, -0.05) is 12.5 Å². The van der Waals surface area contributed by atoms with E-state index in [0.29, 0.717) is 6.04 Å². The van der Waals surface area contributed by atoms with E-state index in [9.17, 15) is 0 Å². The number of benzene rings is 1. The molecule has 0 aromatic heterocycles. The van der Waals surface area contributed by atoms with Crippen LogP contribution >= 0.6 is 0 Å². The van der Waals surface area contributed by atoms with E-state index in [-0.39, 0.29) is 5.92 Å². The second-order valence-electron chi connectivity index (χ2n) is 5.17. The molecule has 0 saturated heterocycles. The average molecular weight is 274 g/mol.